The normalized spacial score (nSPS) is 11.7. The number of benzene rings is 2. The molecule has 2 aromatic carbocycles. The fraction of sp³-hybridized carbons (Fsp3) is 0.0833. The predicted molar refractivity (Wildman–Crippen MR) is 124 cm³/mol. The predicted octanol–water partition coefficient (Wildman–Crippen LogP) is 5.84. The Hall–Kier alpha value is -4.32. The summed E-state index contributed by atoms with van der Waals surface area (Å²) >= 11 is 6.14. The van der Waals surface area contributed by atoms with Crippen molar-refractivity contribution >= 4 is 29.0 Å². The van der Waals surface area contributed by atoms with Gasteiger partial charge in [0.15, 0.2) is 22.9 Å². The quantitative estimate of drug-likeness (QED) is 0.288. The number of nitrogens with zero attached hydrogens (tertiary/aromatic N) is 5. The number of alkyl halides is 3. The molecule has 5 rings (SSSR count). The number of fused-ring (bicyclic) bond motifs is 1. The van der Waals surface area contributed by atoms with Gasteiger partial charge in [-0.1, -0.05) is 29.8 Å². The topological polar surface area (TPSA) is 77.1 Å². The van der Waals surface area contributed by atoms with Crippen molar-refractivity contribution < 1.29 is 26.7 Å². The van der Waals surface area contributed by atoms with Gasteiger partial charge >= 0.3 is 6.18 Å². The molecular formula is C24H14ClF5N6O. The summed E-state index contributed by atoms with van der Waals surface area (Å²) in [7, 11) is 0. The Morgan fingerprint density at radius 2 is 1.73 bits per heavy atom. The van der Waals surface area contributed by atoms with E-state index in [1.54, 1.807) is 12.1 Å². The number of carbonyl (C=O) groups excluding carboxylic acids is 1. The maximum Gasteiger partial charge on any atom is 0.433 e. The largest absolute Gasteiger partial charge is 0.433 e. The Morgan fingerprint density at radius 3 is 2.43 bits per heavy atom. The number of anilines is 1. The summed E-state index contributed by atoms with van der Waals surface area (Å²) in [5, 5.41) is 10.3. The van der Waals surface area contributed by atoms with Crippen LogP contribution in [0.25, 0.3) is 16.9 Å². The van der Waals surface area contributed by atoms with Gasteiger partial charge in [-0.2, -0.15) is 23.4 Å². The monoisotopic (exact) mass is 532 g/mol. The van der Waals surface area contributed by atoms with Crippen LogP contribution in [-0.2, 0) is 12.7 Å². The van der Waals surface area contributed by atoms with E-state index >= 15 is 0 Å². The number of aromatic nitrogens is 5. The number of hydrogen-bond acceptors (Lipinski definition) is 4. The Labute approximate surface area is 210 Å². The average molecular weight is 533 g/mol. The molecule has 7 nitrogen and oxygen atoms in total. The molecule has 0 radical (unpaired) electrons. The van der Waals surface area contributed by atoms with Crippen LogP contribution in [-0.4, -0.2) is 30.3 Å². The van der Waals surface area contributed by atoms with Gasteiger partial charge in [-0.3, -0.25) is 9.48 Å². The van der Waals surface area contributed by atoms with Gasteiger partial charge in [0.2, 0.25) is 0 Å². The Balaban J connectivity index is 1.45. The number of amides is 1. The standard InChI is InChI=1S/C24H14ClF5N6O/c25-16-12-35(11-14-3-1-2-4-17(14)27)34-22(16)32-23(37)19-10-21-31-18(13-5-7-15(26)8-6-13)9-20(24(28,29)30)36(21)33-19/h1-10,12H,11H2,(H,32,34,37). The Morgan fingerprint density at radius 1 is 1.00 bits per heavy atom. The van der Waals surface area contributed by atoms with Crippen molar-refractivity contribution in [2.45, 2.75) is 12.7 Å². The minimum atomic E-state index is -4.83. The highest BCUT2D eigenvalue weighted by Gasteiger charge is 2.35. The van der Waals surface area contributed by atoms with Crippen LogP contribution in [0.3, 0.4) is 0 Å². The molecule has 0 spiro atoms. The van der Waals surface area contributed by atoms with E-state index in [1.807, 2.05) is 0 Å². The van der Waals surface area contributed by atoms with Crippen LogP contribution >= 0.6 is 11.6 Å². The molecule has 0 fully saturated rings. The zero-order valence-corrected chi connectivity index (χ0v) is 19.2. The van der Waals surface area contributed by atoms with E-state index in [1.165, 1.54) is 35.1 Å². The molecule has 3 heterocycles. The minimum absolute atomic E-state index is 0.0288. The van der Waals surface area contributed by atoms with E-state index in [2.05, 4.69) is 20.5 Å². The first-order valence-corrected chi connectivity index (χ1v) is 11.0. The fourth-order valence-electron chi connectivity index (χ4n) is 3.59. The Kier molecular flexibility index (Phi) is 6.12. The van der Waals surface area contributed by atoms with Crippen molar-refractivity contribution in [3.8, 4) is 11.3 Å². The summed E-state index contributed by atoms with van der Waals surface area (Å²) in [4.78, 5) is 17.0. The van der Waals surface area contributed by atoms with Gasteiger partial charge in [0.25, 0.3) is 5.91 Å². The summed E-state index contributed by atoms with van der Waals surface area (Å²) in [6.45, 7) is 0.0294. The SMILES string of the molecule is O=C(Nc1nn(Cc2ccccc2F)cc1Cl)c1cc2nc(-c3ccc(F)cc3)cc(C(F)(F)F)n2n1. The lowest BCUT2D eigenvalue weighted by molar-refractivity contribution is -0.142. The number of hydrogen-bond donors (Lipinski definition) is 1. The van der Waals surface area contributed by atoms with Crippen LogP contribution in [0.2, 0.25) is 5.02 Å². The van der Waals surface area contributed by atoms with E-state index in [4.69, 9.17) is 11.6 Å². The van der Waals surface area contributed by atoms with E-state index < -0.39 is 29.4 Å². The second kappa shape index (κ2) is 9.28. The molecule has 188 valence electrons. The van der Waals surface area contributed by atoms with E-state index in [0.717, 1.165) is 24.3 Å². The first kappa shape index (κ1) is 24.4. The summed E-state index contributed by atoms with van der Waals surface area (Å²) in [6.07, 6.45) is -3.46. The molecular weight excluding hydrogens is 519 g/mol. The number of halogens is 6. The molecule has 0 unspecified atom stereocenters. The van der Waals surface area contributed by atoms with Gasteiger partial charge in [0.1, 0.15) is 16.7 Å². The highest BCUT2D eigenvalue weighted by Crippen LogP contribution is 2.32. The molecule has 0 atom stereocenters. The van der Waals surface area contributed by atoms with E-state index in [9.17, 15) is 26.7 Å². The average Bonchev–Trinajstić information content (AvgIpc) is 3.43. The highest BCUT2D eigenvalue weighted by molar-refractivity contribution is 6.33. The maximum absolute atomic E-state index is 13.9. The van der Waals surface area contributed by atoms with Gasteiger partial charge < -0.3 is 5.32 Å². The van der Waals surface area contributed by atoms with Gasteiger partial charge in [-0.05, 0) is 36.4 Å². The molecule has 0 bridgehead atoms. The van der Waals surface area contributed by atoms with Gasteiger partial charge in [-0.15, -0.1) is 0 Å². The highest BCUT2D eigenvalue weighted by atomic mass is 35.5. The molecule has 13 heteroatoms. The molecule has 0 aliphatic rings. The van der Waals surface area contributed by atoms with Crippen molar-refractivity contribution in [3.05, 3.63) is 100 Å². The molecule has 1 N–H and O–H groups in total. The van der Waals surface area contributed by atoms with Gasteiger partial charge in [-0.25, -0.2) is 18.3 Å². The molecule has 5 aromatic rings. The summed E-state index contributed by atoms with van der Waals surface area (Å²) in [5.41, 5.74) is -1.31. The third-order valence-electron chi connectivity index (χ3n) is 5.33. The number of carbonyl (C=O) groups is 1. The van der Waals surface area contributed by atoms with Crippen molar-refractivity contribution in [1.82, 2.24) is 24.4 Å². The van der Waals surface area contributed by atoms with Crippen molar-refractivity contribution in [3.63, 3.8) is 0 Å². The number of rotatable bonds is 5. The molecule has 0 saturated carbocycles. The van der Waals surface area contributed by atoms with Gasteiger partial charge in [0.05, 0.1) is 12.2 Å². The first-order valence-electron chi connectivity index (χ1n) is 10.6. The maximum atomic E-state index is 13.9. The zero-order valence-electron chi connectivity index (χ0n) is 18.5. The number of nitrogens with one attached hydrogen (secondary N) is 1. The van der Waals surface area contributed by atoms with E-state index in [-0.39, 0.29) is 40.0 Å². The fourth-order valence-corrected chi connectivity index (χ4v) is 3.79. The molecule has 37 heavy (non-hydrogen) atoms. The molecule has 0 aliphatic heterocycles. The van der Waals surface area contributed by atoms with Crippen LogP contribution in [0, 0.1) is 11.6 Å². The minimum Gasteiger partial charge on any atom is -0.302 e. The van der Waals surface area contributed by atoms with Crippen LogP contribution < -0.4 is 5.32 Å². The second-order valence-corrected chi connectivity index (χ2v) is 8.31. The second-order valence-electron chi connectivity index (χ2n) is 7.90. The molecule has 0 aliphatic carbocycles. The van der Waals surface area contributed by atoms with Crippen molar-refractivity contribution in [1.29, 1.82) is 0 Å². The first-order chi connectivity index (χ1) is 17.6. The van der Waals surface area contributed by atoms with Crippen LogP contribution in [0.4, 0.5) is 27.8 Å². The third kappa shape index (κ3) is 5.00. The van der Waals surface area contributed by atoms with Crippen LogP contribution in [0.1, 0.15) is 21.7 Å². The lowest BCUT2D eigenvalue weighted by Crippen LogP contribution is -2.16. The van der Waals surface area contributed by atoms with Crippen molar-refractivity contribution in [2.24, 2.45) is 0 Å². The van der Waals surface area contributed by atoms with Crippen LogP contribution in [0.15, 0.2) is 66.9 Å². The lowest BCUT2D eigenvalue weighted by Gasteiger charge is -2.11. The smallest absolute Gasteiger partial charge is 0.302 e. The molecule has 1 amide bonds. The van der Waals surface area contributed by atoms with Crippen LogP contribution in [0.5, 0.6) is 0 Å². The van der Waals surface area contributed by atoms with Crippen molar-refractivity contribution in [2.75, 3.05) is 5.32 Å². The lowest BCUT2D eigenvalue weighted by atomic mass is 10.1. The summed E-state index contributed by atoms with van der Waals surface area (Å²) in [5.74, 6) is -1.98. The Bertz CT molecular complexity index is 1630. The molecule has 0 saturated heterocycles. The zero-order chi connectivity index (χ0) is 26.3. The van der Waals surface area contributed by atoms with Gasteiger partial charge in [0, 0.05) is 23.4 Å². The molecule has 3 aromatic heterocycles. The van der Waals surface area contributed by atoms with E-state index in [0.29, 0.717) is 10.1 Å². The third-order valence-corrected chi connectivity index (χ3v) is 5.61. The summed E-state index contributed by atoms with van der Waals surface area (Å²) in [6, 6.07) is 12.6. The summed E-state index contributed by atoms with van der Waals surface area (Å²) < 4.78 is 70.4.